The smallest absolute Gasteiger partial charge is 0.326 e. The van der Waals surface area contributed by atoms with Crippen molar-refractivity contribution in [3.63, 3.8) is 0 Å². The third kappa shape index (κ3) is 4.41. The van der Waals surface area contributed by atoms with Crippen LogP contribution in [0.3, 0.4) is 0 Å². The summed E-state index contributed by atoms with van der Waals surface area (Å²) in [6.07, 6.45) is 0.611. The quantitative estimate of drug-likeness (QED) is 0.782. The summed E-state index contributed by atoms with van der Waals surface area (Å²) in [5.74, 6) is -1.98. The lowest BCUT2D eigenvalue weighted by Gasteiger charge is -2.31. The molecule has 5 nitrogen and oxygen atoms in total. The molecule has 1 aromatic rings. The van der Waals surface area contributed by atoms with Gasteiger partial charge in [-0.25, -0.2) is 4.79 Å². The molecule has 1 rings (SSSR count). The lowest BCUT2D eigenvalue weighted by atomic mass is 9.97. The van der Waals surface area contributed by atoms with Crippen LogP contribution in [0.15, 0.2) is 30.3 Å². The summed E-state index contributed by atoms with van der Waals surface area (Å²) in [5.41, 5.74) is 0.469. The van der Waals surface area contributed by atoms with Crippen molar-refractivity contribution in [1.29, 1.82) is 0 Å². The van der Waals surface area contributed by atoms with E-state index >= 15 is 0 Å². The molecule has 114 valence electrons. The lowest BCUT2D eigenvalue weighted by molar-refractivity contribution is -0.151. The SMILES string of the molecule is CCC(C)C(C(=O)O)N(CC(=O)c1ccccc1)C(C)=O. The predicted molar refractivity (Wildman–Crippen MR) is 79.0 cm³/mol. The minimum atomic E-state index is -1.08. The Balaban J connectivity index is 2.99. The average molecular weight is 291 g/mol. The summed E-state index contributed by atoms with van der Waals surface area (Å²) in [6, 6.07) is 7.57. The number of hydrogen-bond donors (Lipinski definition) is 1. The number of carbonyl (C=O) groups excluding carboxylic acids is 2. The standard InChI is InChI=1S/C16H21NO4/c1-4-11(2)15(16(20)21)17(12(3)18)10-14(19)13-8-6-5-7-9-13/h5-9,11,15H,4,10H2,1-3H3,(H,20,21). The molecule has 0 radical (unpaired) electrons. The van der Waals surface area contributed by atoms with Crippen molar-refractivity contribution >= 4 is 17.7 Å². The number of rotatable bonds is 7. The molecule has 21 heavy (non-hydrogen) atoms. The molecule has 1 N–H and O–H groups in total. The Morgan fingerprint density at radius 2 is 1.76 bits per heavy atom. The molecule has 0 saturated carbocycles. The number of carbonyl (C=O) groups is 3. The van der Waals surface area contributed by atoms with Gasteiger partial charge < -0.3 is 10.0 Å². The largest absolute Gasteiger partial charge is 0.480 e. The molecule has 0 fully saturated rings. The predicted octanol–water partition coefficient (Wildman–Crippen LogP) is 2.22. The van der Waals surface area contributed by atoms with Crippen molar-refractivity contribution in [3.05, 3.63) is 35.9 Å². The summed E-state index contributed by atoms with van der Waals surface area (Å²) in [7, 11) is 0. The third-order valence-electron chi connectivity index (χ3n) is 3.59. The summed E-state index contributed by atoms with van der Waals surface area (Å²) in [4.78, 5) is 36.6. The molecule has 0 aromatic heterocycles. The van der Waals surface area contributed by atoms with Gasteiger partial charge in [0.1, 0.15) is 6.04 Å². The van der Waals surface area contributed by atoms with Crippen LogP contribution < -0.4 is 0 Å². The van der Waals surface area contributed by atoms with Gasteiger partial charge in [-0.1, -0.05) is 50.6 Å². The fraction of sp³-hybridized carbons (Fsp3) is 0.438. The topological polar surface area (TPSA) is 74.7 Å². The number of aliphatic carboxylic acids is 1. The second kappa shape index (κ2) is 7.57. The first-order chi connectivity index (χ1) is 9.88. The van der Waals surface area contributed by atoms with E-state index in [2.05, 4.69) is 0 Å². The van der Waals surface area contributed by atoms with E-state index in [1.807, 2.05) is 6.92 Å². The fourth-order valence-electron chi connectivity index (χ4n) is 2.18. The van der Waals surface area contributed by atoms with Crippen LogP contribution in [0.5, 0.6) is 0 Å². The van der Waals surface area contributed by atoms with E-state index in [1.54, 1.807) is 37.3 Å². The van der Waals surface area contributed by atoms with E-state index in [0.717, 1.165) is 4.90 Å². The Morgan fingerprint density at radius 1 is 1.19 bits per heavy atom. The monoisotopic (exact) mass is 291 g/mol. The molecule has 1 amide bonds. The van der Waals surface area contributed by atoms with E-state index in [4.69, 9.17) is 0 Å². The van der Waals surface area contributed by atoms with Gasteiger partial charge in [-0.05, 0) is 5.92 Å². The van der Waals surface area contributed by atoms with Gasteiger partial charge in [0.2, 0.25) is 5.91 Å². The molecule has 2 unspecified atom stereocenters. The molecule has 2 atom stereocenters. The maximum atomic E-state index is 12.2. The average Bonchev–Trinajstić information content (AvgIpc) is 2.46. The highest BCUT2D eigenvalue weighted by Gasteiger charge is 2.33. The highest BCUT2D eigenvalue weighted by molar-refractivity contribution is 5.99. The van der Waals surface area contributed by atoms with Crippen LogP contribution in [0.1, 0.15) is 37.6 Å². The van der Waals surface area contributed by atoms with Crippen molar-refractivity contribution in [2.45, 2.75) is 33.2 Å². The first kappa shape index (κ1) is 16.9. The van der Waals surface area contributed by atoms with Gasteiger partial charge in [-0.3, -0.25) is 9.59 Å². The number of nitrogens with zero attached hydrogens (tertiary/aromatic N) is 1. The minimum Gasteiger partial charge on any atom is -0.480 e. The highest BCUT2D eigenvalue weighted by Crippen LogP contribution is 2.16. The number of carboxylic acid groups (broad SMARTS) is 1. The Morgan fingerprint density at radius 3 is 2.19 bits per heavy atom. The molecule has 0 aliphatic rings. The fourth-order valence-corrected chi connectivity index (χ4v) is 2.18. The van der Waals surface area contributed by atoms with Crippen LogP contribution in [0.4, 0.5) is 0 Å². The van der Waals surface area contributed by atoms with Crippen LogP contribution in [0.2, 0.25) is 0 Å². The summed E-state index contributed by atoms with van der Waals surface area (Å²) in [6.45, 7) is 4.69. The molecule has 0 spiro atoms. The van der Waals surface area contributed by atoms with E-state index in [1.165, 1.54) is 6.92 Å². The van der Waals surface area contributed by atoms with Crippen molar-refractivity contribution < 1.29 is 19.5 Å². The first-order valence-corrected chi connectivity index (χ1v) is 6.96. The van der Waals surface area contributed by atoms with Crippen LogP contribution in [-0.2, 0) is 9.59 Å². The normalized spacial score (nSPS) is 13.3. The van der Waals surface area contributed by atoms with E-state index < -0.39 is 17.9 Å². The van der Waals surface area contributed by atoms with Gasteiger partial charge in [0.15, 0.2) is 5.78 Å². The first-order valence-electron chi connectivity index (χ1n) is 6.96. The van der Waals surface area contributed by atoms with Crippen molar-refractivity contribution in [2.24, 2.45) is 5.92 Å². The zero-order valence-electron chi connectivity index (χ0n) is 12.6. The maximum Gasteiger partial charge on any atom is 0.326 e. The zero-order chi connectivity index (χ0) is 16.0. The molecular weight excluding hydrogens is 270 g/mol. The number of amides is 1. The van der Waals surface area contributed by atoms with E-state index in [0.29, 0.717) is 12.0 Å². The van der Waals surface area contributed by atoms with Crippen molar-refractivity contribution in [2.75, 3.05) is 6.54 Å². The summed E-state index contributed by atoms with van der Waals surface area (Å²) < 4.78 is 0. The highest BCUT2D eigenvalue weighted by atomic mass is 16.4. The van der Waals surface area contributed by atoms with Gasteiger partial charge >= 0.3 is 5.97 Å². The van der Waals surface area contributed by atoms with Gasteiger partial charge in [-0.2, -0.15) is 0 Å². The molecule has 0 aliphatic heterocycles. The van der Waals surface area contributed by atoms with Crippen LogP contribution in [0.25, 0.3) is 0 Å². The van der Waals surface area contributed by atoms with Crippen LogP contribution >= 0.6 is 0 Å². The van der Waals surface area contributed by atoms with Crippen molar-refractivity contribution in [1.82, 2.24) is 4.90 Å². The zero-order valence-corrected chi connectivity index (χ0v) is 12.6. The number of Topliss-reactive ketones (excluding diaryl/α,β-unsaturated/α-hetero) is 1. The molecular formula is C16H21NO4. The number of hydrogen-bond acceptors (Lipinski definition) is 3. The molecule has 1 aromatic carbocycles. The molecule has 5 heteroatoms. The lowest BCUT2D eigenvalue weighted by Crippen LogP contribution is -2.49. The Kier molecular flexibility index (Phi) is 6.09. The molecule has 0 heterocycles. The van der Waals surface area contributed by atoms with Crippen LogP contribution in [0, 0.1) is 5.92 Å². The van der Waals surface area contributed by atoms with Gasteiger partial charge in [0.05, 0.1) is 6.54 Å². The Hall–Kier alpha value is -2.17. The van der Waals surface area contributed by atoms with E-state index in [-0.39, 0.29) is 18.2 Å². The maximum absolute atomic E-state index is 12.2. The second-order valence-corrected chi connectivity index (χ2v) is 5.10. The van der Waals surface area contributed by atoms with Gasteiger partial charge in [0, 0.05) is 12.5 Å². The second-order valence-electron chi connectivity index (χ2n) is 5.10. The number of carboxylic acids is 1. The number of ketones is 1. The van der Waals surface area contributed by atoms with E-state index in [9.17, 15) is 19.5 Å². The Bertz CT molecular complexity index is 512. The number of benzene rings is 1. The van der Waals surface area contributed by atoms with Crippen LogP contribution in [-0.4, -0.2) is 40.3 Å². The Labute approximate surface area is 124 Å². The third-order valence-corrected chi connectivity index (χ3v) is 3.59. The van der Waals surface area contributed by atoms with Gasteiger partial charge in [0.25, 0.3) is 0 Å². The van der Waals surface area contributed by atoms with Gasteiger partial charge in [-0.15, -0.1) is 0 Å². The molecule has 0 saturated heterocycles. The molecule has 0 aliphatic carbocycles. The minimum absolute atomic E-state index is 0.222. The van der Waals surface area contributed by atoms with Crippen molar-refractivity contribution in [3.8, 4) is 0 Å². The molecule has 0 bridgehead atoms. The summed E-state index contributed by atoms with van der Waals surface area (Å²) >= 11 is 0. The summed E-state index contributed by atoms with van der Waals surface area (Å²) in [5, 5.41) is 9.37.